The Hall–Kier alpha value is -2.87. The lowest BCUT2D eigenvalue weighted by Gasteiger charge is -2.28. The smallest absolute Gasteiger partial charge is 0.351 e. The largest absolute Gasteiger partial charge is 0.416 e. The minimum Gasteiger partial charge on any atom is -0.351 e. The zero-order valence-corrected chi connectivity index (χ0v) is 14.0. The first-order chi connectivity index (χ1) is 12.2. The van der Waals surface area contributed by atoms with E-state index in [1.165, 1.54) is 30.1 Å². The molecule has 26 heavy (non-hydrogen) atoms. The number of halogens is 3. The molecule has 1 atom stereocenters. The summed E-state index contributed by atoms with van der Waals surface area (Å²) in [4.78, 5) is 24.9. The first-order valence-electron chi connectivity index (χ1n) is 7.70. The number of hydrogen-bond donors (Lipinski definition) is 2. The number of nitrogens with one attached hydrogen (secondary N) is 1. The van der Waals surface area contributed by atoms with Crippen molar-refractivity contribution in [3.05, 3.63) is 71.3 Å². The van der Waals surface area contributed by atoms with Crippen molar-refractivity contribution in [1.29, 1.82) is 0 Å². The lowest BCUT2D eigenvalue weighted by Crippen LogP contribution is -2.43. The van der Waals surface area contributed by atoms with Gasteiger partial charge in [0.15, 0.2) is 0 Å². The van der Waals surface area contributed by atoms with Gasteiger partial charge in [-0.15, -0.1) is 0 Å². The fourth-order valence-electron chi connectivity index (χ4n) is 2.73. The Kier molecular flexibility index (Phi) is 5.99. The van der Waals surface area contributed by atoms with E-state index in [-0.39, 0.29) is 12.1 Å². The van der Waals surface area contributed by atoms with Crippen LogP contribution in [0.4, 0.5) is 18.0 Å². The van der Waals surface area contributed by atoms with Crippen LogP contribution in [0.5, 0.6) is 0 Å². The van der Waals surface area contributed by atoms with E-state index < -0.39 is 29.7 Å². The van der Waals surface area contributed by atoms with Gasteiger partial charge in [-0.1, -0.05) is 48.5 Å². The van der Waals surface area contributed by atoms with Crippen LogP contribution < -0.4 is 11.1 Å². The van der Waals surface area contributed by atoms with Gasteiger partial charge in [0, 0.05) is 6.54 Å². The molecule has 3 amide bonds. The highest BCUT2D eigenvalue weighted by Crippen LogP contribution is 2.33. The van der Waals surface area contributed by atoms with E-state index in [2.05, 4.69) is 0 Å². The summed E-state index contributed by atoms with van der Waals surface area (Å²) < 4.78 is 39.6. The van der Waals surface area contributed by atoms with Gasteiger partial charge in [-0.25, -0.2) is 4.79 Å². The van der Waals surface area contributed by atoms with E-state index in [1.54, 1.807) is 30.3 Å². The van der Waals surface area contributed by atoms with Crippen LogP contribution in [0.1, 0.15) is 22.7 Å². The average Bonchev–Trinajstić information content (AvgIpc) is 2.54. The number of benzene rings is 2. The van der Waals surface area contributed by atoms with Crippen molar-refractivity contribution in [3.8, 4) is 0 Å². The minimum atomic E-state index is -4.50. The summed E-state index contributed by atoms with van der Waals surface area (Å²) in [6.07, 6.45) is -4.50. The molecule has 0 aliphatic heterocycles. The molecule has 0 aliphatic rings. The normalized spacial score (nSPS) is 12.7. The van der Waals surface area contributed by atoms with Crippen molar-refractivity contribution in [1.82, 2.24) is 10.2 Å². The van der Waals surface area contributed by atoms with E-state index in [0.717, 1.165) is 6.07 Å². The number of carbonyl (C=O) groups is 2. The van der Waals surface area contributed by atoms with Gasteiger partial charge in [0.2, 0.25) is 5.91 Å². The van der Waals surface area contributed by atoms with Crippen LogP contribution in [0.25, 0.3) is 0 Å². The van der Waals surface area contributed by atoms with Crippen LogP contribution in [0.2, 0.25) is 0 Å². The fraction of sp³-hybridized carbons (Fsp3) is 0.222. The molecule has 5 nitrogen and oxygen atoms in total. The number of alkyl halides is 3. The summed E-state index contributed by atoms with van der Waals surface area (Å²) in [7, 11) is 1.51. The summed E-state index contributed by atoms with van der Waals surface area (Å²) in [6.45, 7) is -0.151. The van der Waals surface area contributed by atoms with Crippen molar-refractivity contribution in [3.63, 3.8) is 0 Å². The number of nitrogens with two attached hydrogens (primary N) is 1. The molecule has 0 aromatic heterocycles. The van der Waals surface area contributed by atoms with Gasteiger partial charge in [0.05, 0.1) is 5.56 Å². The number of imide groups is 1. The molecule has 0 spiro atoms. The van der Waals surface area contributed by atoms with E-state index in [0.29, 0.717) is 5.56 Å². The number of nitrogens with zero attached hydrogens (tertiary/aromatic N) is 1. The molecule has 0 saturated carbocycles. The molecule has 0 bridgehead atoms. The molecule has 0 fully saturated rings. The number of carbonyl (C=O) groups excluding carboxylic acids is 2. The predicted octanol–water partition coefficient (Wildman–Crippen LogP) is 3.07. The van der Waals surface area contributed by atoms with Crippen molar-refractivity contribution in [2.24, 2.45) is 5.73 Å². The molecule has 0 radical (unpaired) electrons. The molecule has 1 unspecified atom stereocenters. The van der Waals surface area contributed by atoms with Gasteiger partial charge in [-0.05, 0) is 24.2 Å². The number of rotatable bonds is 5. The molecular formula is C18H18F3N3O2. The molecule has 0 saturated heterocycles. The summed E-state index contributed by atoms with van der Waals surface area (Å²) >= 11 is 0. The third-order valence-electron chi connectivity index (χ3n) is 3.79. The van der Waals surface area contributed by atoms with Crippen molar-refractivity contribution >= 4 is 11.9 Å². The SMILES string of the molecule is CN(Cc1ccccc1C(F)(F)F)C(C(=O)NC(N)=O)c1ccccc1. The van der Waals surface area contributed by atoms with Crippen LogP contribution >= 0.6 is 0 Å². The molecule has 2 rings (SSSR count). The Morgan fingerprint density at radius 3 is 2.23 bits per heavy atom. The Bertz CT molecular complexity index is 779. The summed E-state index contributed by atoms with van der Waals surface area (Å²) in [5.74, 6) is -0.712. The first-order valence-corrected chi connectivity index (χ1v) is 7.70. The maximum atomic E-state index is 13.2. The van der Waals surface area contributed by atoms with Gasteiger partial charge < -0.3 is 5.73 Å². The van der Waals surface area contributed by atoms with E-state index in [4.69, 9.17) is 5.73 Å². The van der Waals surface area contributed by atoms with Crippen LogP contribution in [0.3, 0.4) is 0 Å². The standard InChI is InChI=1S/C18H18F3N3O2/c1-24(11-13-9-5-6-10-14(13)18(19,20)21)15(16(25)23-17(22)26)12-7-3-2-4-8-12/h2-10,15H,11H2,1H3,(H3,22,23,25,26). The van der Waals surface area contributed by atoms with Crippen LogP contribution in [-0.2, 0) is 17.5 Å². The van der Waals surface area contributed by atoms with Gasteiger partial charge in [0.25, 0.3) is 0 Å². The van der Waals surface area contributed by atoms with Gasteiger partial charge in [-0.3, -0.25) is 15.0 Å². The Balaban J connectivity index is 2.35. The first kappa shape index (κ1) is 19.5. The fourth-order valence-corrected chi connectivity index (χ4v) is 2.73. The maximum absolute atomic E-state index is 13.2. The van der Waals surface area contributed by atoms with Crippen molar-refractivity contribution in [2.45, 2.75) is 18.8 Å². The molecule has 3 N–H and O–H groups in total. The summed E-state index contributed by atoms with van der Waals surface area (Å²) in [6, 6.07) is 11.6. The molecule has 138 valence electrons. The highest BCUT2D eigenvalue weighted by molar-refractivity contribution is 5.96. The average molecular weight is 365 g/mol. The highest BCUT2D eigenvalue weighted by Gasteiger charge is 2.34. The van der Waals surface area contributed by atoms with E-state index in [9.17, 15) is 22.8 Å². The number of amides is 3. The molecule has 2 aromatic rings. The van der Waals surface area contributed by atoms with E-state index >= 15 is 0 Å². The summed E-state index contributed by atoms with van der Waals surface area (Å²) in [5, 5.41) is 1.99. The highest BCUT2D eigenvalue weighted by atomic mass is 19.4. The quantitative estimate of drug-likeness (QED) is 0.855. The van der Waals surface area contributed by atoms with Crippen LogP contribution in [0.15, 0.2) is 54.6 Å². The lowest BCUT2D eigenvalue weighted by molar-refractivity contribution is -0.138. The van der Waals surface area contributed by atoms with Gasteiger partial charge in [-0.2, -0.15) is 13.2 Å². The molecular weight excluding hydrogens is 347 g/mol. The Morgan fingerprint density at radius 2 is 1.65 bits per heavy atom. The maximum Gasteiger partial charge on any atom is 0.416 e. The zero-order chi connectivity index (χ0) is 19.3. The second-order valence-electron chi connectivity index (χ2n) is 5.74. The van der Waals surface area contributed by atoms with E-state index in [1.807, 2.05) is 5.32 Å². The molecule has 8 heteroatoms. The number of urea groups is 1. The van der Waals surface area contributed by atoms with Gasteiger partial charge >= 0.3 is 12.2 Å². The minimum absolute atomic E-state index is 0.0234. The third-order valence-corrected chi connectivity index (χ3v) is 3.79. The Labute approximate surface area is 148 Å². The van der Waals surface area contributed by atoms with Crippen molar-refractivity contribution in [2.75, 3.05) is 7.05 Å². The van der Waals surface area contributed by atoms with Gasteiger partial charge in [0.1, 0.15) is 6.04 Å². The second kappa shape index (κ2) is 8.01. The third kappa shape index (κ3) is 4.82. The number of primary amides is 1. The van der Waals surface area contributed by atoms with Crippen molar-refractivity contribution < 1.29 is 22.8 Å². The topological polar surface area (TPSA) is 75.4 Å². The monoisotopic (exact) mass is 365 g/mol. The molecule has 2 aromatic carbocycles. The molecule has 0 heterocycles. The summed E-state index contributed by atoms with van der Waals surface area (Å²) in [5.41, 5.74) is 4.79. The second-order valence-corrected chi connectivity index (χ2v) is 5.74. The predicted molar refractivity (Wildman–Crippen MR) is 89.8 cm³/mol. The number of hydrogen-bond acceptors (Lipinski definition) is 3. The Morgan fingerprint density at radius 1 is 1.08 bits per heavy atom. The zero-order valence-electron chi connectivity index (χ0n) is 14.0. The molecule has 0 aliphatic carbocycles. The number of likely N-dealkylation sites (N-methyl/N-ethyl adjacent to an activating group) is 1. The van der Waals surface area contributed by atoms with Crippen LogP contribution in [-0.4, -0.2) is 23.9 Å². The lowest BCUT2D eigenvalue weighted by atomic mass is 10.0. The van der Waals surface area contributed by atoms with Crippen LogP contribution in [0, 0.1) is 0 Å².